The molecule has 3 unspecified atom stereocenters. The third-order valence-electron chi connectivity index (χ3n) is 9.96. The van der Waals surface area contributed by atoms with Gasteiger partial charge >= 0.3 is 6.18 Å². The highest BCUT2D eigenvalue weighted by Crippen LogP contribution is 2.56. The van der Waals surface area contributed by atoms with E-state index < -0.39 is 76.5 Å². The number of phenolic OH excluding ortho intramolecular Hbond substituents is 1. The smallest absolute Gasteiger partial charge is 0.405 e. The Morgan fingerprint density at radius 1 is 1.21 bits per heavy atom. The number of aliphatic hydroxyl groups is 3. The van der Waals surface area contributed by atoms with Crippen LogP contribution in [0.25, 0.3) is 0 Å². The second-order valence-electron chi connectivity index (χ2n) is 12.6. The first-order valence-corrected chi connectivity index (χ1v) is 14.0. The zero-order chi connectivity index (χ0) is 31.5. The van der Waals surface area contributed by atoms with E-state index >= 15 is 0 Å². The number of fused-ring (bicyclic) bond motifs is 7. The first-order valence-electron chi connectivity index (χ1n) is 14.0. The topological polar surface area (TPSA) is 168 Å². The molecule has 232 valence electrons. The van der Waals surface area contributed by atoms with Gasteiger partial charge in [-0.1, -0.05) is 0 Å². The Hall–Kier alpha value is -3.62. The van der Waals surface area contributed by atoms with Gasteiger partial charge in [-0.3, -0.25) is 24.2 Å². The van der Waals surface area contributed by atoms with Gasteiger partial charge in [-0.25, -0.2) is 0 Å². The van der Waals surface area contributed by atoms with E-state index in [9.17, 15) is 48.0 Å². The molecule has 14 heteroatoms. The molecule has 1 fully saturated rings. The molecule has 43 heavy (non-hydrogen) atoms. The maximum atomic E-state index is 14.1. The number of anilines is 1. The van der Waals surface area contributed by atoms with Gasteiger partial charge in [-0.05, 0) is 76.0 Å². The zero-order valence-corrected chi connectivity index (χ0v) is 23.8. The molecule has 0 bridgehead atoms. The number of rotatable bonds is 3. The minimum Gasteiger partial charge on any atom is -0.510 e. The number of amides is 1. The van der Waals surface area contributed by atoms with Crippen LogP contribution in [0.5, 0.6) is 5.75 Å². The third kappa shape index (κ3) is 4.02. The highest BCUT2D eigenvalue weighted by molar-refractivity contribution is 6.25. The number of likely N-dealkylation sites (N-methyl/N-ethyl adjacent to an activating group) is 1. The molecule has 2 aliphatic heterocycles. The molecule has 3 aliphatic carbocycles. The van der Waals surface area contributed by atoms with Crippen molar-refractivity contribution in [1.29, 1.82) is 0 Å². The number of alkyl halides is 3. The molecule has 0 spiro atoms. The molecule has 6 atom stereocenters. The van der Waals surface area contributed by atoms with Crippen molar-refractivity contribution in [2.45, 2.75) is 43.1 Å². The van der Waals surface area contributed by atoms with E-state index in [0.717, 1.165) is 0 Å². The van der Waals surface area contributed by atoms with Crippen molar-refractivity contribution in [3.63, 3.8) is 0 Å². The molecule has 6 N–H and O–H groups in total. The first-order chi connectivity index (χ1) is 20.0. The van der Waals surface area contributed by atoms with Crippen molar-refractivity contribution in [2.75, 3.05) is 45.7 Å². The number of hydrogen-bond acceptors (Lipinski definition) is 10. The lowest BCUT2D eigenvalue weighted by Gasteiger charge is -2.50. The second kappa shape index (κ2) is 9.44. The fourth-order valence-electron chi connectivity index (χ4n) is 8.38. The van der Waals surface area contributed by atoms with Crippen LogP contribution in [0.3, 0.4) is 0 Å². The van der Waals surface area contributed by atoms with Crippen molar-refractivity contribution in [3.8, 4) is 5.75 Å². The van der Waals surface area contributed by atoms with E-state index in [1.165, 1.54) is 30.0 Å². The molecule has 0 radical (unpaired) electrons. The number of allylic oxidation sites excluding steroid dienone is 1. The highest BCUT2D eigenvalue weighted by Gasteiger charge is 2.63. The molecule has 1 saturated heterocycles. The normalized spacial score (nSPS) is 32.5. The van der Waals surface area contributed by atoms with Crippen LogP contribution < -0.4 is 10.6 Å². The van der Waals surface area contributed by atoms with Gasteiger partial charge < -0.3 is 31.1 Å². The summed E-state index contributed by atoms with van der Waals surface area (Å²) in [6.07, 6.45) is -4.12. The van der Waals surface area contributed by atoms with Crippen LogP contribution in [0.1, 0.15) is 40.4 Å². The van der Waals surface area contributed by atoms with E-state index in [0.29, 0.717) is 18.5 Å². The molecule has 6 rings (SSSR count). The summed E-state index contributed by atoms with van der Waals surface area (Å²) in [7, 11) is 4.90. The molecule has 2 heterocycles. The van der Waals surface area contributed by atoms with Gasteiger partial charge in [-0.15, -0.1) is 0 Å². The van der Waals surface area contributed by atoms with Gasteiger partial charge in [0.2, 0.25) is 5.78 Å². The fourth-order valence-corrected chi connectivity index (χ4v) is 8.38. The van der Waals surface area contributed by atoms with Crippen LogP contribution in [0.4, 0.5) is 18.9 Å². The summed E-state index contributed by atoms with van der Waals surface area (Å²) in [6, 6.07) is -0.124. The number of phenols is 1. The van der Waals surface area contributed by atoms with Crippen molar-refractivity contribution >= 4 is 23.2 Å². The predicted octanol–water partition coefficient (Wildman–Crippen LogP) is 1.50. The molecule has 0 saturated carbocycles. The van der Waals surface area contributed by atoms with E-state index in [1.807, 2.05) is 11.9 Å². The number of carbonyl (C=O) groups is 3. The number of ketones is 2. The summed E-state index contributed by atoms with van der Waals surface area (Å²) in [5.74, 6) is -8.05. The zero-order valence-electron chi connectivity index (χ0n) is 23.8. The van der Waals surface area contributed by atoms with Crippen LogP contribution in [0, 0.1) is 17.8 Å². The van der Waals surface area contributed by atoms with E-state index in [1.54, 1.807) is 0 Å². The van der Waals surface area contributed by atoms with Crippen LogP contribution in [-0.2, 0) is 16.0 Å². The molecule has 11 nitrogen and oxygen atoms in total. The number of hydrogen-bond donors (Lipinski definition) is 5. The molecular weight excluding hydrogens is 573 g/mol. The number of likely N-dealkylation sites (tertiary alicyclic amines) is 1. The van der Waals surface area contributed by atoms with Crippen LogP contribution >= 0.6 is 0 Å². The minimum atomic E-state index is -4.55. The Balaban J connectivity index is 1.56. The summed E-state index contributed by atoms with van der Waals surface area (Å²) in [5, 5.41) is 45.3. The van der Waals surface area contributed by atoms with Gasteiger partial charge in [0.25, 0.3) is 5.91 Å². The molecule has 1 aromatic carbocycles. The van der Waals surface area contributed by atoms with Crippen molar-refractivity contribution in [3.05, 3.63) is 45.4 Å². The lowest BCUT2D eigenvalue weighted by molar-refractivity contribution is -0.148. The maximum Gasteiger partial charge on any atom is 0.405 e. The van der Waals surface area contributed by atoms with Gasteiger partial charge in [0.05, 0.1) is 11.6 Å². The lowest BCUT2D eigenvalue weighted by Crippen LogP contribution is -2.63. The average Bonchev–Trinajstić information content (AvgIpc) is 3.25. The number of Topliss-reactive ketones (excluding diaryl/α,β-unsaturated/α-hetero) is 2. The quantitative estimate of drug-likeness (QED) is 0.318. The summed E-state index contributed by atoms with van der Waals surface area (Å²) in [4.78, 5) is 44.3. The SMILES string of the molecule is CN1CCC2CN(CC(F)(F)F)c3c(cc(O)c4c3C[C@@H]3C[C@@H]5[C@@H](N(C)C)C(O)=C(C(N)=O)C(=O)C5(O)C(O)=C3C4=O)C21. The average molecular weight is 607 g/mol. The van der Waals surface area contributed by atoms with Crippen LogP contribution in [0.15, 0.2) is 28.7 Å². The van der Waals surface area contributed by atoms with E-state index in [-0.39, 0.29) is 53.7 Å². The Bertz CT molecular complexity index is 1540. The number of aliphatic hydroxyl groups excluding tert-OH is 2. The monoisotopic (exact) mass is 606 g/mol. The molecule has 5 aliphatic rings. The van der Waals surface area contributed by atoms with Gasteiger partial charge in [0.15, 0.2) is 11.4 Å². The molecule has 0 aromatic heterocycles. The maximum absolute atomic E-state index is 14.1. The molecular formula is C29H33F3N4O7. The number of primary amides is 1. The van der Waals surface area contributed by atoms with Crippen molar-refractivity contribution in [2.24, 2.45) is 23.5 Å². The predicted molar refractivity (Wildman–Crippen MR) is 145 cm³/mol. The van der Waals surface area contributed by atoms with Crippen LogP contribution in [0.2, 0.25) is 0 Å². The highest BCUT2D eigenvalue weighted by atomic mass is 19.4. The number of carbonyl (C=O) groups excluding carboxylic acids is 3. The molecule has 1 aromatic rings. The number of nitrogens with two attached hydrogens (primary N) is 1. The number of benzene rings is 1. The Morgan fingerprint density at radius 2 is 1.88 bits per heavy atom. The summed E-state index contributed by atoms with van der Waals surface area (Å²) in [5.41, 5.74) is 1.90. The molecule has 1 amide bonds. The Kier molecular flexibility index (Phi) is 6.46. The van der Waals surface area contributed by atoms with Gasteiger partial charge in [0, 0.05) is 29.8 Å². The largest absolute Gasteiger partial charge is 0.510 e. The minimum absolute atomic E-state index is 0.0826. The number of halogens is 3. The fraction of sp³-hybridized carbons (Fsp3) is 0.552. The van der Waals surface area contributed by atoms with Gasteiger partial charge in [0.1, 0.15) is 29.4 Å². The number of nitrogens with zero attached hydrogens (tertiary/aromatic N) is 3. The lowest BCUT2D eigenvalue weighted by atomic mass is 9.58. The Morgan fingerprint density at radius 3 is 2.49 bits per heavy atom. The van der Waals surface area contributed by atoms with Gasteiger partial charge in [-0.2, -0.15) is 13.2 Å². The van der Waals surface area contributed by atoms with E-state index in [4.69, 9.17) is 5.73 Å². The standard InChI is InChI=1S/C29H33F3N4O7/c1-34(2)22-15-7-12-6-13-18(23(38)17(12)25(40)29(15,43)26(41)19(24(22)39)27(33)42)16(37)8-14-20-11(4-5-35(20)3)9-36(21(13)14)10-28(30,31)32/h8,11-12,15,20,22,37,39-40,43H,4-7,9-10H2,1-3H3,(H2,33,42)/t11?,12-,15-,20?,22-,29?/m1/s1. The van der Waals surface area contributed by atoms with Crippen molar-refractivity contribution < 1.29 is 48.0 Å². The summed E-state index contributed by atoms with van der Waals surface area (Å²) in [6.45, 7) is -0.510. The van der Waals surface area contributed by atoms with Crippen LogP contribution in [-0.4, -0.2) is 106 Å². The second-order valence-corrected chi connectivity index (χ2v) is 12.6. The first kappa shape index (κ1) is 29.5. The van der Waals surface area contributed by atoms with E-state index in [2.05, 4.69) is 0 Å². The Labute approximate surface area is 244 Å². The third-order valence-corrected chi connectivity index (χ3v) is 9.96. The number of aromatic hydroxyl groups is 1. The van der Waals surface area contributed by atoms with Crippen molar-refractivity contribution in [1.82, 2.24) is 9.80 Å². The summed E-state index contributed by atoms with van der Waals surface area (Å²) >= 11 is 0. The summed E-state index contributed by atoms with van der Waals surface area (Å²) < 4.78 is 41.5.